The molecule has 19 heavy (non-hydrogen) atoms. The lowest BCUT2D eigenvalue weighted by Gasteiger charge is -2.30. The quantitative estimate of drug-likeness (QED) is 0.856. The Morgan fingerprint density at radius 1 is 1.42 bits per heavy atom. The lowest BCUT2D eigenvalue weighted by Crippen LogP contribution is -2.38. The van der Waals surface area contributed by atoms with E-state index in [1.165, 1.54) is 5.56 Å². The third-order valence-electron chi connectivity index (χ3n) is 4.09. The number of carboxylic acid groups (broad SMARTS) is 1. The van der Waals surface area contributed by atoms with Crippen LogP contribution in [0.1, 0.15) is 38.2 Å². The van der Waals surface area contributed by atoms with Crippen LogP contribution in [0.5, 0.6) is 0 Å². The Labute approximate surface area is 115 Å². The number of carbonyl (C=O) groups is 1. The minimum absolute atomic E-state index is 0.239. The van der Waals surface area contributed by atoms with E-state index in [4.69, 9.17) is 5.11 Å². The van der Waals surface area contributed by atoms with E-state index in [1.54, 1.807) is 0 Å². The van der Waals surface area contributed by atoms with Crippen molar-refractivity contribution in [2.24, 2.45) is 0 Å². The molecule has 1 aromatic carbocycles. The Morgan fingerprint density at radius 2 is 2.16 bits per heavy atom. The largest absolute Gasteiger partial charge is 0.481 e. The number of likely N-dealkylation sites (tertiary alicyclic amines) is 1. The summed E-state index contributed by atoms with van der Waals surface area (Å²) in [5, 5.41) is 8.95. The molecule has 0 radical (unpaired) electrons. The van der Waals surface area contributed by atoms with E-state index in [1.807, 2.05) is 6.07 Å². The van der Waals surface area contributed by atoms with Gasteiger partial charge in [0, 0.05) is 12.1 Å². The Kier molecular flexibility index (Phi) is 4.97. The molecule has 1 saturated heterocycles. The number of rotatable bonds is 6. The molecule has 0 aromatic heterocycles. The van der Waals surface area contributed by atoms with E-state index in [0.29, 0.717) is 6.04 Å². The molecule has 1 aliphatic heterocycles. The SMILES string of the molecule is CC(CCc1ccccc1)N1CCCC1CC(=O)O. The maximum absolute atomic E-state index is 10.9. The standard InChI is InChI=1S/C16H23NO2/c1-13(9-10-14-6-3-2-4-7-14)17-11-5-8-15(17)12-16(18)19/h2-4,6-7,13,15H,5,8-12H2,1H3,(H,18,19). The van der Waals surface area contributed by atoms with Crippen LogP contribution in [0.25, 0.3) is 0 Å². The Hall–Kier alpha value is -1.35. The second-order valence-electron chi connectivity index (χ2n) is 5.51. The van der Waals surface area contributed by atoms with Gasteiger partial charge in [-0.15, -0.1) is 0 Å². The van der Waals surface area contributed by atoms with Crippen LogP contribution < -0.4 is 0 Å². The summed E-state index contributed by atoms with van der Waals surface area (Å²) in [6.07, 6.45) is 4.61. The fourth-order valence-electron chi connectivity index (χ4n) is 3.05. The molecule has 3 heteroatoms. The molecular weight excluding hydrogens is 238 g/mol. The van der Waals surface area contributed by atoms with Crippen LogP contribution in [0.15, 0.2) is 30.3 Å². The first-order chi connectivity index (χ1) is 9.16. The average molecular weight is 261 g/mol. The predicted molar refractivity (Wildman–Crippen MR) is 76.2 cm³/mol. The molecule has 1 fully saturated rings. The molecule has 1 aromatic rings. The van der Waals surface area contributed by atoms with Crippen molar-refractivity contribution in [3.63, 3.8) is 0 Å². The highest BCUT2D eigenvalue weighted by atomic mass is 16.4. The van der Waals surface area contributed by atoms with Gasteiger partial charge in [-0.3, -0.25) is 9.69 Å². The zero-order valence-electron chi connectivity index (χ0n) is 11.6. The summed E-state index contributed by atoms with van der Waals surface area (Å²) in [7, 11) is 0. The highest BCUT2D eigenvalue weighted by molar-refractivity contribution is 5.67. The molecule has 0 amide bonds. The van der Waals surface area contributed by atoms with E-state index in [2.05, 4.69) is 36.1 Å². The lowest BCUT2D eigenvalue weighted by molar-refractivity contribution is -0.138. The van der Waals surface area contributed by atoms with Crippen molar-refractivity contribution >= 4 is 5.97 Å². The van der Waals surface area contributed by atoms with E-state index in [-0.39, 0.29) is 12.5 Å². The van der Waals surface area contributed by atoms with Crippen LogP contribution in [0.4, 0.5) is 0 Å². The summed E-state index contributed by atoms with van der Waals surface area (Å²) in [6.45, 7) is 3.27. The molecule has 0 bridgehead atoms. The number of benzene rings is 1. The Bertz CT molecular complexity index is 404. The number of carboxylic acids is 1. The molecule has 1 aliphatic rings. The molecule has 2 rings (SSSR count). The summed E-state index contributed by atoms with van der Waals surface area (Å²) >= 11 is 0. The fraction of sp³-hybridized carbons (Fsp3) is 0.562. The van der Waals surface area contributed by atoms with E-state index in [0.717, 1.165) is 32.2 Å². The molecular formula is C16H23NO2. The van der Waals surface area contributed by atoms with Gasteiger partial charge in [-0.1, -0.05) is 30.3 Å². The fourth-order valence-corrected chi connectivity index (χ4v) is 3.05. The lowest BCUT2D eigenvalue weighted by atomic mass is 10.0. The molecule has 104 valence electrons. The van der Waals surface area contributed by atoms with Crippen molar-refractivity contribution in [2.45, 2.75) is 51.1 Å². The van der Waals surface area contributed by atoms with Gasteiger partial charge in [0.05, 0.1) is 6.42 Å². The number of aryl methyl sites for hydroxylation is 1. The second-order valence-corrected chi connectivity index (χ2v) is 5.51. The highest BCUT2D eigenvalue weighted by Crippen LogP contribution is 2.24. The van der Waals surface area contributed by atoms with Gasteiger partial charge in [0.1, 0.15) is 0 Å². The van der Waals surface area contributed by atoms with Crippen LogP contribution in [0.2, 0.25) is 0 Å². The monoisotopic (exact) mass is 261 g/mol. The zero-order chi connectivity index (χ0) is 13.7. The first-order valence-corrected chi connectivity index (χ1v) is 7.18. The van der Waals surface area contributed by atoms with E-state index < -0.39 is 5.97 Å². The molecule has 3 nitrogen and oxygen atoms in total. The normalized spacial score (nSPS) is 21.4. The molecule has 1 N–H and O–H groups in total. The van der Waals surface area contributed by atoms with Crippen molar-refractivity contribution in [3.05, 3.63) is 35.9 Å². The van der Waals surface area contributed by atoms with Crippen molar-refractivity contribution in [1.82, 2.24) is 4.90 Å². The minimum Gasteiger partial charge on any atom is -0.481 e. The van der Waals surface area contributed by atoms with E-state index in [9.17, 15) is 4.79 Å². The van der Waals surface area contributed by atoms with Crippen LogP contribution in [-0.4, -0.2) is 34.6 Å². The average Bonchev–Trinajstić information content (AvgIpc) is 2.84. The van der Waals surface area contributed by atoms with E-state index >= 15 is 0 Å². The summed E-state index contributed by atoms with van der Waals surface area (Å²) in [4.78, 5) is 13.3. The number of nitrogens with zero attached hydrogens (tertiary/aromatic N) is 1. The number of aliphatic carboxylic acids is 1. The molecule has 2 atom stereocenters. The van der Waals surface area contributed by atoms with Crippen molar-refractivity contribution in [1.29, 1.82) is 0 Å². The van der Waals surface area contributed by atoms with Gasteiger partial charge >= 0.3 is 5.97 Å². The smallest absolute Gasteiger partial charge is 0.304 e. The zero-order valence-corrected chi connectivity index (χ0v) is 11.6. The highest BCUT2D eigenvalue weighted by Gasteiger charge is 2.29. The van der Waals surface area contributed by atoms with Gasteiger partial charge in [-0.25, -0.2) is 0 Å². The third kappa shape index (κ3) is 4.06. The first kappa shape index (κ1) is 14.1. The summed E-state index contributed by atoms with van der Waals surface area (Å²) in [6, 6.07) is 11.2. The van der Waals surface area contributed by atoms with Gasteiger partial charge in [-0.2, -0.15) is 0 Å². The molecule has 1 heterocycles. The van der Waals surface area contributed by atoms with Gasteiger partial charge < -0.3 is 5.11 Å². The minimum atomic E-state index is -0.674. The molecule has 0 spiro atoms. The summed E-state index contributed by atoms with van der Waals surface area (Å²) in [5.74, 6) is -0.674. The van der Waals surface area contributed by atoms with Gasteiger partial charge in [0.15, 0.2) is 0 Å². The maximum Gasteiger partial charge on any atom is 0.304 e. The maximum atomic E-state index is 10.9. The molecule has 2 unspecified atom stereocenters. The second kappa shape index (κ2) is 6.71. The van der Waals surface area contributed by atoms with Gasteiger partial charge in [0.2, 0.25) is 0 Å². The molecule has 0 aliphatic carbocycles. The van der Waals surface area contributed by atoms with Crippen LogP contribution in [0, 0.1) is 0 Å². The number of hydrogen-bond acceptors (Lipinski definition) is 2. The number of hydrogen-bond donors (Lipinski definition) is 1. The van der Waals surface area contributed by atoms with Crippen molar-refractivity contribution in [2.75, 3.05) is 6.54 Å². The predicted octanol–water partition coefficient (Wildman–Crippen LogP) is 2.95. The van der Waals surface area contributed by atoms with Gasteiger partial charge in [-0.05, 0) is 44.7 Å². The Morgan fingerprint density at radius 3 is 2.84 bits per heavy atom. The Balaban J connectivity index is 1.85. The third-order valence-corrected chi connectivity index (χ3v) is 4.09. The van der Waals surface area contributed by atoms with Crippen LogP contribution in [-0.2, 0) is 11.2 Å². The van der Waals surface area contributed by atoms with Crippen LogP contribution >= 0.6 is 0 Å². The van der Waals surface area contributed by atoms with Crippen LogP contribution in [0.3, 0.4) is 0 Å². The first-order valence-electron chi connectivity index (χ1n) is 7.18. The van der Waals surface area contributed by atoms with Gasteiger partial charge in [0.25, 0.3) is 0 Å². The molecule has 0 saturated carbocycles. The summed E-state index contributed by atoms with van der Waals surface area (Å²) < 4.78 is 0. The summed E-state index contributed by atoms with van der Waals surface area (Å²) in [5.41, 5.74) is 1.36. The topological polar surface area (TPSA) is 40.5 Å². The van der Waals surface area contributed by atoms with Crippen molar-refractivity contribution < 1.29 is 9.90 Å². The van der Waals surface area contributed by atoms with Crippen molar-refractivity contribution in [3.8, 4) is 0 Å².